The Labute approximate surface area is 94.9 Å². The lowest BCUT2D eigenvalue weighted by molar-refractivity contribution is -0.141. The first-order valence-corrected chi connectivity index (χ1v) is 6.92. The van der Waals surface area contributed by atoms with Crippen molar-refractivity contribution in [1.29, 1.82) is 5.41 Å². The van der Waals surface area contributed by atoms with Gasteiger partial charge in [0.15, 0.2) is 0 Å². The van der Waals surface area contributed by atoms with Crippen LogP contribution in [0, 0.1) is 11.3 Å². The van der Waals surface area contributed by atoms with Crippen molar-refractivity contribution in [3.05, 3.63) is 0 Å². The van der Waals surface area contributed by atoms with E-state index in [1.807, 2.05) is 0 Å². The molecule has 0 aromatic carbocycles. The van der Waals surface area contributed by atoms with E-state index in [0.717, 1.165) is 0 Å². The van der Waals surface area contributed by atoms with Crippen molar-refractivity contribution in [1.82, 2.24) is 0 Å². The summed E-state index contributed by atoms with van der Waals surface area (Å²) in [6.45, 7) is 1.26. The molecule has 0 aliphatic carbocycles. The van der Waals surface area contributed by atoms with E-state index in [4.69, 9.17) is 15.6 Å². The van der Waals surface area contributed by atoms with Gasteiger partial charge in [-0.15, -0.1) is 0 Å². The molecule has 1 unspecified atom stereocenters. The van der Waals surface area contributed by atoms with Gasteiger partial charge < -0.3 is 10.2 Å². The Morgan fingerprint density at radius 2 is 1.94 bits per heavy atom. The number of aliphatic carboxylic acids is 1. The zero-order valence-corrected chi connectivity index (χ0v) is 10.2. The van der Waals surface area contributed by atoms with Crippen molar-refractivity contribution in [2.24, 2.45) is 5.92 Å². The third kappa shape index (κ3) is 5.51. The van der Waals surface area contributed by atoms with Gasteiger partial charge in [0, 0.05) is 13.5 Å². The van der Waals surface area contributed by atoms with Crippen molar-refractivity contribution in [2.45, 2.75) is 26.2 Å². The Bertz CT molecular complexity index is 256. The summed E-state index contributed by atoms with van der Waals surface area (Å²) in [5, 5.41) is 24.6. The molecule has 6 nitrogen and oxygen atoms in total. The molecule has 0 saturated heterocycles. The summed E-state index contributed by atoms with van der Waals surface area (Å²) in [5.41, 5.74) is -0.263. The highest BCUT2D eigenvalue weighted by atomic mass is 31.2. The molecule has 0 bridgehead atoms. The summed E-state index contributed by atoms with van der Waals surface area (Å²) in [4.78, 5) is 29.9. The van der Waals surface area contributed by atoms with Gasteiger partial charge in [0.05, 0.1) is 5.92 Å². The molecular weight excluding hydrogens is 233 g/mol. The summed E-state index contributed by atoms with van der Waals surface area (Å²) in [5.74, 6) is -1.96. The van der Waals surface area contributed by atoms with Gasteiger partial charge >= 0.3 is 13.7 Å². The number of hydrogen-bond donors (Lipinski definition) is 5. The van der Waals surface area contributed by atoms with Gasteiger partial charge in [0.1, 0.15) is 6.16 Å². The van der Waals surface area contributed by atoms with E-state index in [1.165, 1.54) is 6.92 Å². The van der Waals surface area contributed by atoms with E-state index in [0.29, 0.717) is 12.8 Å². The maximum absolute atomic E-state index is 10.9. The molecule has 0 aliphatic rings. The Hall–Kier alpha value is -0.550. The summed E-state index contributed by atoms with van der Waals surface area (Å²) in [6.07, 6.45) is 1.01. The fraction of sp³-hybridized carbons (Fsp3) is 0.778. The van der Waals surface area contributed by atoms with Crippen LogP contribution < -0.4 is 0 Å². The average molecular weight is 252 g/mol. The fourth-order valence-electron chi connectivity index (χ4n) is 1.24. The normalized spacial score (nSPS) is 13.5. The largest absolute Gasteiger partial charge is 0.481 e. The maximum Gasteiger partial charge on any atom is 0.314 e. The summed E-state index contributed by atoms with van der Waals surface area (Å²) in [6, 6.07) is 0. The van der Waals surface area contributed by atoms with Gasteiger partial charge in [-0.05, 0) is 12.8 Å². The number of hydrogen-bond acceptors (Lipinski definition) is 5. The predicted molar refractivity (Wildman–Crippen MR) is 61.7 cm³/mol. The van der Waals surface area contributed by atoms with E-state index in [-0.39, 0.29) is 24.6 Å². The standard InChI is InChI=1S/C9H18NO5P/c1-7(10)16(14,15)6-8(9(12)13)4-2-3-5-11/h8,10-11,14-15H,2-6H2,1H3/p+1. The minimum absolute atomic E-state index is 0.00548. The molecule has 7 heteroatoms. The van der Waals surface area contributed by atoms with Crippen LogP contribution in [0.2, 0.25) is 0 Å². The highest BCUT2D eigenvalue weighted by Gasteiger charge is 2.42. The number of carboxylic acids is 1. The van der Waals surface area contributed by atoms with Crippen molar-refractivity contribution in [2.75, 3.05) is 12.8 Å². The van der Waals surface area contributed by atoms with Crippen LogP contribution >= 0.6 is 7.72 Å². The van der Waals surface area contributed by atoms with Gasteiger partial charge in [-0.3, -0.25) is 10.2 Å². The smallest absolute Gasteiger partial charge is 0.314 e. The lowest BCUT2D eigenvalue weighted by atomic mass is 10.0. The van der Waals surface area contributed by atoms with E-state index < -0.39 is 19.6 Å². The molecular formula is C9H19NO5P+. The van der Waals surface area contributed by atoms with Gasteiger partial charge in [0.2, 0.25) is 5.45 Å². The number of aliphatic hydroxyl groups is 1. The molecule has 0 heterocycles. The van der Waals surface area contributed by atoms with Crippen molar-refractivity contribution in [3.63, 3.8) is 0 Å². The molecule has 0 rings (SSSR count). The number of nitrogens with one attached hydrogen (secondary N) is 1. The van der Waals surface area contributed by atoms with Crippen LogP contribution in [0.15, 0.2) is 0 Å². The van der Waals surface area contributed by atoms with Crippen molar-refractivity contribution >= 4 is 19.1 Å². The number of carbonyl (C=O) groups is 1. The van der Waals surface area contributed by atoms with Crippen LogP contribution in [0.25, 0.3) is 0 Å². The van der Waals surface area contributed by atoms with Gasteiger partial charge in [-0.25, -0.2) is 9.79 Å². The highest BCUT2D eigenvalue weighted by molar-refractivity contribution is 7.81. The van der Waals surface area contributed by atoms with E-state index >= 15 is 0 Å². The van der Waals surface area contributed by atoms with Crippen LogP contribution in [0.3, 0.4) is 0 Å². The van der Waals surface area contributed by atoms with Crippen LogP contribution in [-0.2, 0) is 4.79 Å². The molecule has 0 spiro atoms. The van der Waals surface area contributed by atoms with Crippen molar-refractivity contribution < 1.29 is 24.8 Å². The number of rotatable bonds is 8. The quantitative estimate of drug-likeness (QED) is 0.247. The summed E-state index contributed by atoms with van der Waals surface area (Å²) < 4.78 is 0. The molecule has 5 N–H and O–H groups in total. The third-order valence-corrected chi connectivity index (χ3v) is 4.35. The summed E-state index contributed by atoms with van der Waals surface area (Å²) in [7, 11) is -3.53. The van der Waals surface area contributed by atoms with Crippen molar-refractivity contribution in [3.8, 4) is 0 Å². The molecule has 0 aliphatic heterocycles. The van der Waals surface area contributed by atoms with E-state index in [1.54, 1.807) is 0 Å². The Kier molecular flexibility index (Phi) is 6.67. The molecule has 0 saturated carbocycles. The first-order chi connectivity index (χ1) is 7.31. The minimum Gasteiger partial charge on any atom is -0.481 e. The fourth-order valence-corrected chi connectivity index (χ4v) is 2.47. The lowest BCUT2D eigenvalue weighted by Gasteiger charge is -2.15. The Morgan fingerprint density at radius 1 is 1.38 bits per heavy atom. The van der Waals surface area contributed by atoms with Gasteiger partial charge in [0.25, 0.3) is 0 Å². The zero-order chi connectivity index (χ0) is 12.8. The molecule has 0 amide bonds. The number of unbranched alkanes of at least 4 members (excludes halogenated alkanes) is 1. The average Bonchev–Trinajstić information content (AvgIpc) is 2.16. The van der Waals surface area contributed by atoms with Crippen LogP contribution in [0.4, 0.5) is 0 Å². The Morgan fingerprint density at radius 3 is 2.31 bits per heavy atom. The molecule has 0 aromatic rings. The molecule has 0 radical (unpaired) electrons. The molecule has 0 aromatic heterocycles. The lowest BCUT2D eigenvalue weighted by Crippen LogP contribution is -2.22. The van der Waals surface area contributed by atoms with Crippen LogP contribution in [0.1, 0.15) is 26.2 Å². The maximum atomic E-state index is 10.9. The minimum atomic E-state index is -3.53. The monoisotopic (exact) mass is 252 g/mol. The third-order valence-electron chi connectivity index (χ3n) is 2.32. The predicted octanol–water partition coefficient (Wildman–Crippen LogP) is 0.679. The first-order valence-electron chi connectivity index (χ1n) is 5.04. The topological polar surface area (TPSA) is 122 Å². The SMILES string of the molecule is CC(=N)[P+](O)(O)CC(CCCCO)C(=O)O. The summed E-state index contributed by atoms with van der Waals surface area (Å²) >= 11 is 0. The molecule has 1 atom stereocenters. The van der Waals surface area contributed by atoms with E-state index in [2.05, 4.69) is 0 Å². The number of aliphatic hydroxyl groups excluding tert-OH is 1. The van der Waals surface area contributed by atoms with Crippen LogP contribution in [0.5, 0.6) is 0 Å². The van der Waals surface area contributed by atoms with E-state index in [9.17, 15) is 14.6 Å². The van der Waals surface area contributed by atoms with Crippen LogP contribution in [-0.4, -0.2) is 44.2 Å². The second-order valence-corrected chi connectivity index (χ2v) is 6.25. The number of carboxylic acid groups (broad SMARTS) is 1. The second-order valence-electron chi connectivity index (χ2n) is 3.75. The first kappa shape index (κ1) is 15.4. The second kappa shape index (κ2) is 6.91. The van der Waals surface area contributed by atoms with Gasteiger partial charge in [-0.2, -0.15) is 0 Å². The molecule has 94 valence electrons. The van der Waals surface area contributed by atoms with Gasteiger partial charge in [-0.1, -0.05) is 6.42 Å². The molecule has 0 fully saturated rings. The zero-order valence-electron chi connectivity index (χ0n) is 9.26. The Balaban J connectivity index is 4.33. The highest BCUT2D eigenvalue weighted by Crippen LogP contribution is 2.52. The molecule has 16 heavy (non-hydrogen) atoms.